The van der Waals surface area contributed by atoms with Crippen LogP contribution in [0.5, 0.6) is 0 Å². The Morgan fingerprint density at radius 3 is 2.66 bits per heavy atom. The van der Waals surface area contributed by atoms with Gasteiger partial charge in [0.05, 0.1) is 23.3 Å². The first-order valence-corrected chi connectivity index (χ1v) is 11.2. The Morgan fingerprint density at radius 1 is 1.31 bits per heavy atom. The highest BCUT2D eigenvalue weighted by Gasteiger charge is 2.35. The van der Waals surface area contributed by atoms with Crippen molar-refractivity contribution in [1.82, 2.24) is 0 Å². The van der Waals surface area contributed by atoms with E-state index in [9.17, 15) is 9.59 Å². The van der Waals surface area contributed by atoms with Crippen molar-refractivity contribution >= 4 is 51.4 Å². The predicted octanol–water partition coefficient (Wildman–Crippen LogP) is 6.63. The molecular weight excluding hydrogens is 429 g/mol. The smallest absolute Gasteiger partial charge is 0.341 e. The zero-order chi connectivity index (χ0) is 21.3. The summed E-state index contributed by atoms with van der Waals surface area (Å²) in [7, 11) is 1.36. The first-order chi connectivity index (χ1) is 13.7. The van der Waals surface area contributed by atoms with Gasteiger partial charge in [0.1, 0.15) is 5.00 Å². The maximum absolute atomic E-state index is 12.8. The van der Waals surface area contributed by atoms with Crippen LogP contribution >= 0.6 is 34.5 Å². The van der Waals surface area contributed by atoms with Gasteiger partial charge < -0.3 is 10.1 Å². The maximum Gasteiger partial charge on any atom is 0.341 e. The van der Waals surface area contributed by atoms with Crippen molar-refractivity contribution in [2.45, 2.75) is 46.5 Å². The predicted molar refractivity (Wildman–Crippen MR) is 120 cm³/mol. The molecule has 1 aromatic heterocycles. The van der Waals surface area contributed by atoms with E-state index in [1.807, 2.05) is 0 Å². The second kappa shape index (κ2) is 8.66. The number of ether oxygens (including phenoxy) is 1. The van der Waals surface area contributed by atoms with Crippen molar-refractivity contribution in [3.8, 4) is 0 Å². The number of halogens is 2. The fraction of sp³-hybridized carbons (Fsp3) is 0.455. The minimum Gasteiger partial charge on any atom is -0.465 e. The number of hydrogen-bond donors (Lipinski definition) is 1. The number of amides is 1. The Morgan fingerprint density at radius 2 is 2.03 bits per heavy atom. The van der Waals surface area contributed by atoms with Gasteiger partial charge in [-0.1, -0.05) is 50.4 Å². The number of carbonyl (C=O) groups excluding carboxylic acids is 2. The quantitative estimate of drug-likeness (QED) is 0.516. The van der Waals surface area contributed by atoms with Crippen LogP contribution in [0, 0.1) is 11.3 Å². The van der Waals surface area contributed by atoms with E-state index >= 15 is 0 Å². The van der Waals surface area contributed by atoms with E-state index in [1.165, 1.54) is 24.5 Å². The lowest BCUT2D eigenvalue weighted by Gasteiger charge is -2.36. The van der Waals surface area contributed by atoms with Crippen LogP contribution in [0.15, 0.2) is 18.2 Å². The van der Waals surface area contributed by atoms with Gasteiger partial charge in [0.25, 0.3) is 5.91 Å². The van der Waals surface area contributed by atoms with E-state index in [0.29, 0.717) is 27.1 Å². The Balaban J connectivity index is 1.95. The van der Waals surface area contributed by atoms with E-state index in [1.54, 1.807) is 12.1 Å². The van der Waals surface area contributed by atoms with Crippen molar-refractivity contribution in [3.63, 3.8) is 0 Å². The number of thiophene rings is 1. The Labute approximate surface area is 185 Å². The lowest BCUT2D eigenvalue weighted by atomic mass is 9.69. The molecule has 0 fully saturated rings. The van der Waals surface area contributed by atoms with E-state index < -0.39 is 5.97 Å². The molecule has 1 amide bonds. The molecule has 1 heterocycles. The standard InChI is InChI=1S/C22H25Cl2NO3S/c1-5-22(2,3)12-6-8-15-17(10-12)29-20(18(15)21(27)28-4)25-19(26)14-9-7-13(23)11-16(14)24/h7,9,11-12H,5-6,8,10H2,1-4H3,(H,25,26). The number of esters is 1. The summed E-state index contributed by atoms with van der Waals surface area (Å²) < 4.78 is 5.02. The number of methoxy groups -OCH3 is 1. The van der Waals surface area contributed by atoms with E-state index in [-0.39, 0.29) is 16.3 Å². The summed E-state index contributed by atoms with van der Waals surface area (Å²) in [5.41, 5.74) is 2.01. The second-order valence-electron chi connectivity index (χ2n) is 8.06. The molecule has 3 rings (SSSR count). The van der Waals surface area contributed by atoms with Crippen molar-refractivity contribution in [2.75, 3.05) is 12.4 Å². The van der Waals surface area contributed by atoms with Gasteiger partial charge in [-0.25, -0.2) is 4.79 Å². The molecule has 4 nitrogen and oxygen atoms in total. The Kier molecular flexibility index (Phi) is 6.61. The third-order valence-electron chi connectivity index (χ3n) is 6.07. The second-order valence-corrected chi connectivity index (χ2v) is 10.0. The topological polar surface area (TPSA) is 55.4 Å². The fourth-order valence-corrected chi connectivity index (χ4v) is 5.60. The summed E-state index contributed by atoms with van der Waals surface area (Å²) in [4.78, 5) is 26.5. The van der Waals surface area contributed by atoms with Crippen LogP contribution in [0.2, 0.25) is 10.0 Å². The summed E-state index contributed by atoms with van der Waals surface area (Å²) in [6.07, 6.45) is 3.83. The number of carbonyl (C=O) groups is 2. The third kappa shape index (κ3) is 4.47. The van der Waals surface area contributed by atoms with Crippen LogP contribution in [-0.4, -0.2) is 19.0 Å². The lowest BCUT2D eigenvalue weighted by molar-refractivity contribution is 0.0600. The van der Waals surface area contributed by atoms with E-state index in [2.05, 4.69) is 26.1 Å². The van der Waals surface area contributed by atoms with Gasteiger partial charge >= 0.3 is 5.97 Å². The van der Waals surface area contributed by atoms with Crippen molar-refractivity contribution < 1.29 is 14.3 Å². The molecule has 1 aliphatic rings. The maximum atomic E-state index is 12.8. The summed E-state index contributed by atoms with van der Waals surface area (Å²) in [5.74, 6) is -0.257. The summed E-state index contributed by atoms with van der Waals surface area (Å²) >= 11 is 13.6. The number of fused-ring (bicyclic) bond motifs is 1. The first-order valence-electron chi connectivity index (χ1n) is 9.67. The molecule has 0 saturated carbocycles. The zero-order valence-corrected chi connectivity index (χ0v) is 19.4. The molecule has 0 saturated heterocycles. The van der Waals surface area contributed by atoms with Crippen LogP contribution in [0.1, 0.15) is 64.8 Å². The van der Waals surface area contributed by atoms with E-state index in [0.717, 1.165) is 36.1 Å². The molecule has 1 aromatic carbocycles. The highest BCUT2D eigenvalue weighted by atomic mass is 35.5. The summed E-state index contributed by atoms with van der Waals surface area (Å²) in [6.45, 7) is 6.80. The van der Waals surface area contributed by atoms with Crippen LogP contribution in [0.25, 0.3) is 0 Å². The molecule has 0 spiro atoms. The first kappa shape index (κ1) is 22.1. The highest BCUT2D eigenvalue weighted by molar-refractivity contribution is 7.17. The summed E-state index contributed by atoms with van der Waals surface area (Å²) in [5, 5.41) is 4.12. The molecule has 2 aromatic rings. The average Bonchev–Trinajstić information content (AvgIpc) is 3.04. The molecule has 1 atom stereocenters. The molecule has 29 heavy (non-hydrogen) atoms. The molecule has 156 valence electrons. The van der Waals surface area contributed by atoms with Crippen LogP contribution in [-0.2, 0) is 17.6 Å². The molecule has 0 bridgehead atoms. The minimum atomic E-state index is -0.423. The van der Waals surface area contributed by atoms with E-state index in [4.69, 9.17) is 27.9 Å². The van der Waals surface area contributed by atoms with Gasteiger partial charge in [0, 0.05) is 9.90 Å². The molecule has 0 radical (unpaired) electrons. The van der Waals surface area contributed by atoms with Gasteiger partial charge in [-0.15, -0.1) is 11.3 Å². The van der Waals surface area contributed by atoms with Crippen LogP contribution < -0.4 is 5.32 Å². The summed E-state index contributed by atoms with van der Waals surface area (Å²) in [6, 6.07) is 4.71. The van der Waals surface area contributed by atoms with Crippen molar-refractivity contribution in [3.05, 3.63) is 49.8 Å². The van der Waals surface area contributed by atoms with Crippen molar-refractivity contribution in [2.24, 2.45) is 11.3 Å². The largest absolute Gasteiger partial charge is 0.465 e. The SMILES string of the molecule is CCC(C)(C)C1CCc2c(sc(NC(=O)c3ccc(Cl)cc3Cl)c2C(=O)OC)C1. The number of nitrogens with one attached hydrogen (secondary N) is 1. The molecule has 7 heteroatoms. The molecule has 1 aliphatic carbocycles. The van der Waals surface area contributed by atoms with Crippen LogP contribution in [0.4, 0.5) is 5.00 Å². The van der Waals surface area contributed by atoms with Crippen molar-refractivity contribution in [1.29, 1.82) is 0 Å². The van der Waals surface area contributed by atoms with Gasteiger partial charge in [0.15, 0.2) is 0 Å². The highest BCUT2D eigenvalue weighted by Crippen LogP contribution is 2.45. The fourth-order valence-electron chi connectivity index (χ4n) is 3.79. The monoisotopic (exact) mass is 453 g/mol. The number of rotatable bonds is 5. The van der Waals surface area contributed by atoms with Gasteiger partial charge in [-0.2, -0.15) is 0 Å². The Hall–Kier alpha value is -1.56. The molecule has 0 aliphatic heterocycles. The molecule has 1 N–H and O–H groups in total. The lowest BCUT2D eigenvalue weighted by Crippen LogP contribution is -2.28. The third-order valence-corrected chi connectivity index (χ3v) is 7.79. The minimum absolute atomic E-state index is 0.230. The number of anilines is 1. The molecule has 1 unspecified atom stereocenters. The Bertz CT molecular complexity index is 952. The normalized spacial score (nSPS) is 16.3. The zero-order valence-electron chi connectivity index (χ0n) is 17.0. The van der Waals surface area contributed by atoms with Crippen LogP contribution in [0.3, 0.4) is 0 Å². The van der Waals surface area contributed by atoms with Gasteiger partial charge in [0.2, 0.25) is 0 Å². The number of benzene rings is 1. The average molecular weight is 454 g/mol. The molecular formula is C22H25Cl2NO3S. The van der Waals surface area contributed by atoms with Gasteiger partial charge in [-0.05, 0) is 54.4 Å². The number of hydrogen-bond acceptors (Lipinski definition) is 4. The van der Waals surface area contributed by atoms with Gasteiger partial charge in [-0.3, -0.25) is 4.79 Å².